The molecule has 0 spiro atoms. The number of carboxylic acids is 1. The van der Waals surface area contributed by atoms with Gasteiger partial charge in [-0.25, -0.2) is 14.5 Å². The highest BCUT2D eigenvalue weighted by molar-refractivity contribution is 5.87. The van der Waals surface area contributed by atoms with Crippen LogP contribution in [-0.4, -0.2) is 45.9 Å². The number of hydrogen-bond acceptors (Lipinski definition) is 6. The fraction of sp³-hybridized carbons (Fsp3) is 0.205. The quantitative estimate of drug-likeness (QED) is 0.116. The third kappa shape index (κ3) is 6.67. The molecule has 9 heteroatoms. The Kier molecular flexibility index (Phi) is 9.84. The molecular formula is C44H42N6O3. The summed E-state index contributed by atoms with van der Waals surface area (Å²) in [5, 5.41) is 34.8. The number of hydrogen-bond donors (Lipinski definition) is 2. The fourth-order valence-corrected chi connectivity index (χ4v) is 7.23. The number of carboxylic acid groups (broad SMARTS) is 1. The molecule has 53 heavy (non-hydrogen) atoms. The number of nitrogens with zero attached hydrogens (tertiary/aromatic N) is 6. The molecule has 0 aliphatic rings. The smallest absolute Gasteiger partial charge is 0.354 e. The number of tetrazole rings is 1. The predicted octanol–water partition coefficient (Wildman–Crippen LogP) is 8.36. The lowest BCUT2D eigenvalue weighted by Gasteiger charge is -2.36. The molecule has 2 aromatic heterocycles. The maximum absolute atomic E-state index is 12.5. The van der Waals surface area contributed by atoms with E-state index in [1.165, 1.54) is 0 Å². The third-order valence-corrected chi connectivity index (χ3v) is 9.72. The van der Waals surface area contributed by atoms with Gasteiger partial charge in [0, 0.05) is 18.5 Å². The van der Waals surface area contributed by atoms with Gasteiger partial charge in [0.2, 0.25) is 0 Å². The standard InChI is InChI=1S/C44H42N6O3/c1-4-5-25-38-45-40(43(2,3)53)39(42(51)52)49(38)30-31-26-28-32(29-27-31)36-23-15-16-24-37(36)41-46-47-48-50(41)44(33-17-9-6-10-18-33,34-19-11-7-12-20-34)35-21-13-8-14-22-35/h6-24,26-29,53H,4-5,25,30H2,1-3H3,(H,51,52). The van der Waals surface area contributed by atoms with Crippen LogP contribution in [0.2, 0.25) is 0 Å². The number of carbonyl (C=O) groups is 1. The molecule has 0 unspecified atom stereocenters. The van der Waals surface area contributed by atoms with Crippen molar-refractivity contribution in [2.75, 3.05) is 0 Å². The number of benzene rings is 5. The maximum atomic E-state index is 12.5. The maximum Gasteiger partial charge on any atom is 0.354 e. The first-order chi connectivity index (χ1) is 25.7. The van der Waals surface area contributed by atoms with E-state index >= 15 is 0 Å². The molecule has 266 valence electrons. The molecule has 0 saturated heterocycles. The highest BCUT2D eigenvalue weighted by Gasteiger charge is 2.42. The van der Waals surface area contributed by atoms with E-state index in [-0.39, 0.29) is 11.4 Å². The Hall–Kier alpha value is -6.19. The highest BCUT2D eigenvalue weighted by Crippen LogP contribution is 2.43. The van der Waals surface area contributed by atoms with Crippen LogP contribution in [0.15, 0.2) is 140 Å². The summed E-state index contributed by atoms with van der Waals surface area (Å²) in [5.74, 6) is 0.144. The van der Waals surface area contributed by atoms with Crippen LogP contribution in [-0.2, 0) is 24.1 Å². The molecule has 0 bridgehead atoms. The summed E-state index contributed by atoms with van der Waals surface area (Å²) >= 11 is 0. The Bertz CT molecular complexity index is 2210. The van der Waals surface area contributed by atoms with Crippen molar-refractivity contribution in [2.24, 2.45) is 0 Å². The molecule has 5 aromatic carbocycles. The SMILES string of the molecule is CCCCc1nc(C(C)(C)O)c(C(=O)O)n1Cc1ccc(-c2ccccc2-c2nnnn2C(c2ccccc2)(c2ccccc2)c2ccccc2)cc1. The largest absolute Gasteiger partial charge is 0.477 e. The second-order valence-corrected chi connectivity index (χ2v) is 13.7. The first kappa shape index (κ1) is 35.2. The summed E-state index contributed by atoms with van der Waals surface area (Å²) in [4.78, 5) is 17.2. The van der Waals surface area contributed by atoms with Gasteiger partial charge in [-0.1, -0.05) is 153 Å². The summed E-state index contributed by atoms with van der Waals surface area (Å²) in [6, 6.07) is 47.2. The lowest BCUT2D eigenvalue weighted by Crippen LogP contribution is -2.39. The van der Waals surface area contributed by atoms with Crippen LogP contribution in [0.4, 0.5) is 0 Å². The van der Waals surface area contributed by atoms with E-state index in [4.69, 9.17) is 5.21 Å². The van der Waals surface area contributed by atoms with Gasteiger partial charge < -0.3 is 14.8 Å². The monoisotopic (exact) mass is 702 g/mol. The Morgan fingerprint density at radius 1 is 0.717 bits per heavy atom. The number of unbranched alkanes of at least 4 members (excludes halogenated alkanes) is 1. The second-order valence-electron chi connectivity index (χ2n) is 13.7. The predicted molar refractivity (Wildman–Crippen MR) is 205 cm³/mol. The molecule has 0 amide bonds. The van der Waals surface area contributed by atoms with Crippen molar-refractivity contribution in [3.05, 3.63) is 179 Å². The van der Waals surface area contributed by atoms with Crippen LogP contribution in [0.5, 0.6) is 0 Å². The van der Waals surface area contributed by atoms with E-state index < -0.39 is 17.1 Å². The first-order valence-corrected chi connectivity index (χ1v) is 17.9. The molecule has 0 saturated carbocycles. The van der Waals surface area contributed by atoms with E-state index in [1.54, 1.807) is 18.4 Å². The minimum absolute atomic E-state index is 0.0172. The van der Waals surface area contributed by atoms with E-state index in [2.05, 4.69) is 64.7 Å². The van der Waals surface area contributed by atoms with E-state index in [9.17, 15) is 15.0 Å². The first-order valence-electron chi connectivity index (χ1n) is 17.9. The second kappa shape index (κ2) is 14.8. The van der Waals surface area contributed by atoms with Gasteiger partial charge in [0.25, 0.3) is 0 Å². The molecule has 0 radical (unpaired) electrons. The van der Waals surface area contributed by atoms with Crippen molar-refractivity contribution in [3.8, 4) is 22.5 Å². The lowest BCUT2D eigenvalue weighted by atomic mass is 9.77. The zero-order valence-corrected chi connectivity index (χ0v) is 30.1. The van der Waals surface area contributed by atoms with E-state index in [0.29, 0.717) is 24.6 Å². The summed E-state index contributed by atoms with van der Waals surface area (Å²) in [5.41, 5.74) is 4.60. The lowest BCUT2D eigenvalue weighted by molar-refractivity contribution is 0.0602. The van der Waals surface area contributed by atoms with Crippen molar-refractivity contribution in [2.45, 2.75) is 57.7 Å². The zero-order chi connectivity index (χ0) is 37.0. The number of imidazole rings is 1. The number of aryl methyl sites for hydroxylation is 1. The summed E-state index contributed by atoms with van der Waals surface area (Å²) in [6.45, 7) is 5.53. The van der Waals surface area contributed by atoms with Gasteiger partial charge in [-0.2, -0.15) is 0 Å². The van der Waals surface area contributed by atoms with Crippen molar-refractivity contribution >= 4 is 5.97 Å². The van der Waals surface area contributed by atoms with Crippen molar-refractivity contribution in [1.82, 2.24) is 29.8 Å². The molecule has 9 nitrogen and oxygen atoms in total. The third-order valence-electron chi connectivity index (χ3n) is 9.72. The highest BCUT2D eigenvalue weighted by atomic mass is 16.4. The van der Waals surface area contributed by atoms with Crippen LogP contribution in [0, 0.1) is 0 Å². The molecule has 0 aliphatic carbocycles. The van der Waals surface area contributed by atoms with E-state index in [0.717, 1.165) is 51.8 Å². The fourth-order valence-electron chi connectivity index (χ4n) is 7.23. The molecule has 7 aromatic rings. The van der Waals surface area contributed by atoms with Crippen molar-refractivity contribution < 1.29 is 15.0 Å². The summed E-state index contributed by atoms with van der Waals surface area (Å²) in [6.07, 6.45) is 2.41. The minimum Gasteiger partial charge on any atom is -0.477 e. The number of aromatic carboxylic acids is 1. The molecule has 0 aliphatic heterocycles. The Labute approximate surface area is 309 Å². The summed E-state index contributed by atoms with van der Waals surface area (Å²) < 4.78 is 3.67. The Morgan fingerprint density at radius 3 is 1.75 bits per heavy atom. The van der Waals surface area contributed by atoms with Gasteiger partial charge >= 0.3 is 5.97 Å². The van der Waals surface area contributed by atoms with Gasteiger partial charge in [-0.15, -0.1) is 5.10 Å². The summed E-state index contributed by atoms with van der Waals surface area (Å²) in [7, 11) is 0. The number of aliphatic hydroxyl groups is 1. The van der Waals surface area contributed by atoms with Gasteiger partial charge in [-0.3, -0.25) is 0 Å². The normalized spacial score (nSPS) is 11.8. The van der Waals surface area contributed by atoms with Gasteiger partial charge in [0.05, 0.1) is 0 Å². The van der Waals surface area contributed by atoms with Crippen LogP contribution in [0.25, 0.3) is 22.5 Å². The van der Waals surface area contributed by atoms with Crippen molar-refractivity contribution in [1.29, 1.82) is 0 Å². The zero-order valence-electron chi connectivity index (χ0n) is 30.1. The Balaban J connectivity index is 1.33. The van der Waals surface area contributed by atoms with Gasteiger partial charge in [-0.05, 0) is 64.1 Å². The van der Waals surface area contributed by atoms with Crippen LogP contribution in [0.3, 0.4) is 0 Å². The van der Waals surface area contributed by atoms with Crippen LogP contribution < -0.4 is 0 Å². The number of aromatic nitrogens is 6. The molecule has 0 atom stereocenters. The number of rotatable bonds is 13. The molecule has 2 N–H and O–H groups in total. The Morgan fingerprint density at radius 2 is 1.25 bits per heavy atom. The topological polar surface area (TPSA) is 119 Å². The van der Waals surface area contributed by atoms with Crippen molar-refractivity contribution in [3.63, 3.8) is 0 Å². The molecular weight excluding hydrogens is 661 g/mol. The molecule has 2 heterocycles. The average Bonchev–Trinajstić information content (AvgIpc) is 3.82. The molecule has 0 fully saturated rings. The van der Waals surface area contributed by atoms with Gasteiger partial charge in [0.15, 0.2) is 11.5 Å². The minimum atomic E-state index is -1.40. The van der Waals surface area contributed by atoms with Crippen LogP contribution >= 0.6 is 0 Å². The molecule has 7 rings (SSSR count). The van der Waals surface area contributed by atoms with E-state index in [1.807, 2.05) is 102 Å². The average molecular weight is 703 g/mol. The van der Waals surface area contributed by atoms with Gasteiger partial charge in [0.1, 0.15) is 22.7 Å². The van der Waals surface area contributed by atoms with Crippen LogP contribution in [0.1, 0.15) is 77.9 Å².